The molecule has 1 N–H and O–H groups in total. The zero-order valence-electron chi connectivity index (χ0n) is 14.5. The molecule has 0 spiro atoms. The zero-order chi connectivity index (χ0) is 17.9. The molecular formula is C18H21NO4S. The van der Waals surface area contributed by atoms with Crippen LogP contribution in [0.15, 0.2) is 18.2 Å². The molecule has 0 radical (unpaired) electrons. The Morgan fingerprint density at radius 2 is 1.83 bits per heavy atom. The predicted octanol–water partition coefficient (Wildman–Crippen LogP) is 3.71. The standard InChI is InChI=1S/C18H21NO4S/c1-10-6-7-13(8-11(10)2)15-12(3)24-17(16(15)18(21)23-5)19-14(20)9-22-4/h6-8H,9H2,1-5H3,(H,19,20). The third kappa shape index (κ3) is 3.66. The third-order valence-electron chi connectivity index (χ3n) is 3.80. The molecule has 5 nitrogen and oxygen atoms in total. The molecule has 0 saturated carbocycles. The predicted molar refractivity (Wildman–Crippen MR) is 95.8 cm³/mol. The molecule has 0 aliphatic rings. The quantitative estimate of drug-likeness (QED) is 0.838. The second-order valence-electron chi connectivity index (χ2n) is 5.51. The van der Waals surface area contributed by atoms with E-state index in [0.717, 1.165) is 21.6 Å². The molecule has 1 aromatic heterocycles. The smallest absolute Gasteiger partial charge is 0.341 e. The summed E-state index contributed by atoms with van der Waals surface area (Å²) in [5.74, 6) is -0.782. The zero-order valence-corrected chi connectivity index (χ0v) is 15.3. The number of aryl methyl sites for hydroxylation is 3. The molecule has 2 rings (SSSR count). The first kappa shape index (κ1) is 18.2. The van der Waals surface area contributed by atoms with Crippen molar-refractivity contribution in [2.45, 2.75) is 20.8 Å². The fourth-order valence-electron chi connectivity index (χ4n) is 2.47. The molecule has 0 saturated heterocycles. The van der Waals surface area contributed by atoms with E-state index in [1.165, 1.54) is 31.1 Å². The molecule has 0 aliphatic heterocycles. The van der Waals surface area contributed by atoms with Gasteiger partial charge in [-0.25, -0.2) is 4.79 Å². The van der Waals surface area contributed by atoms with Gasteiger partial charge in [0.15, 0.2) is 0 Å². The lowest BCUT2D eigenvalue weighted by Gasteiger charge is -2.09. The van der Waals surface area contributed by atoms with E-state index in [1.54, 1.807) is 0 Å². The molecule has 0 bridgehead atoms. The summed E-state index contributed by atoms with van der Waals surface area (Å²) in [4.78, 5) is 25.1. The van der Waals surface area contributed by atoms with Crippen LogP contribution in [0.1, 0.15) is 26.4 Å². The van der Waals surface area contributed by atoms with Gasteiger partial charge in [0.2, 0.25) is 0 Å². The molecule has 0 aliphatic carbocycles. The Morgan fingerprint density at radius 1 is 1.12 bits per heavy atom. The van der Waals surface area contributed by atoms with Crippen molar-refractivity contribution in [3.8, 4) is 11.1 Å². The lowest BCUT2D eigenvalue weighted by Crippen LogP contribution is -2.18. The van der Waals surface area contributed by atoms with Crippen molar-refractivity contribution in [3.05, 3.63) is 39.8 Å². The number of benzene rings is 1. The maximum absolute atomic E-state index is 12.3. The van der Waals surface area contributed by atoms with Crippen molar-refractivity contribution in [2.75, 3.05) is 26.1 Å². The van der Waals surface area contributed by atoms with Crippen LogP contribution in [-0.4, -0.2) is 32.7 Å². The minimum atomic E-state index is -0.472. The van der Waals surface area contributed by atoms with Gasteiger partial charge in [0.25, 0.3) is 5.91 Å². The van der Waals surface area contributed by atoms with Crippen LogP contribution < -0.4 is 5.32 Å². The van der Waals surface area contributed by atoms with Crippen LogP contribution in [0, 0.1) is 20.8 Å². The minimum absolute atomic E-state index is 0.0729. The van der Waals surface area contributed by atoms with Gasteiger partial charge in [-0.2, -0.15) is 0 Å². The average Bonchev–Trinajstić information content (AvgIpc) is 2.85. The number of nitrogens with one attached hydrogen (secondary N) is 1. The number of carbonyl (C=O) groups excluding carboxylic acids is 2. The second kappa shape index (κ2) is 7.59. The molecular weight excluding hydrogens is 326 g/mol. The highest BCUT2D eigenvalue weighted by Gasteiger charge is 2.25. The number of esters is 1. The first-order valence-corrected chi connectivity index (χ1v) is 8.28. The monoisotopic (exact) mass is 347 g/mol. The number of anilines is 1. The fourth-order valence-corrected chi connectivity index (χ4v) is 3.55. The van der Waals surface area contributed by atoms with Crippen LogP contribution in [0.4, 0.5) is 5.00 Å². The minimum Gasteiger partial charge on any atom is -0.465 e. The van der Waals surface area contributed by atoms with Crippen LogP contribution in [0.3, 0.4) is 0 Å². The van der Waals surface area contributed by atoms with Crippen LogP contribution in [-0.2, 0) is 14.3 Å². The van der Waals surface area contributed by atoms with Crippen molar-refractivity contribution >= 4 is 28.2 Å². The first-order valence-electron chi connectivity index (χ1n) is 7.47. The summed E-state index contributed by atoms with van der Waals surface area (Å²) >= 11 is 1.36. The number of amides is 1. The number of ether oxygens (including phenoxy) is 2. The summed E-state index contributed by atoms with van der Waals surface area (Å²) in [6.07, 6.45) is 0. The third-order valence-corrected chi connectivity index (χ3v) is 4.82. The summed E-state index contributed by atoms with van der Waals surface area (Å²) < 4.78 is 9.76. The van der Waals surface area contributed by atoms with Crippen LogP contribution in [0.5, 0.6) is 0 Å². The van der Waals surface area contributed by atoms with E-state index in [0.29, 0.717) is 10.6 Å². The molecule has 0 atom stereocenters. The number of thiophene rings is 1. The Kier molecular flexibility index (Phi) is 5.75. The van der Waals surface area contributed by atoms with E-state index < -0.39 is 5.97 Å². The van der Waals surface area contributed by atoms with Gasteiger partial charge < -0.3 is 14.8 Å². The van der Waals surface area contributed by atoms with E-state index in [9.17, 15) is 9.59 Å². The molecule has 24 heavy (non-hydrogen) atoms. The van der Waals surface area contributed by atoms with Crippen molar-refractivity contribution in [1.82, 2.24) is 0 Å². The molecule has 0 fully saturated rings. The van der Waals surface area contributed by atoms with Gasteiger partial charge >= 0.3 is 5.97 Å². The van der Waals surface area contributed by atoms with Crippen LogP contribution in [0.2, 0.25) is 0 Å². The lowest BCUT2D eigenvalue weighted by atomic mass is 9.97. The number of rotatable bonds is 5. The Bertz CT molecular complexity index is 780. The van der Waals surface area contributed by atoms with Crippen LogP contribution in [0.25, 0.3) is 11.1 Å². The molecule has 128 valence electrons. The summed E-state index contributed by atoms with van der Waals surface area (Å²) in [5.41, 5.74) is 4.42. The molecule has 6 heteroatoms. The number of hydrogen-bond donors (Lipinski definition) is 1. The highest BCUT2D eigenvalue weighted by molar-refractivity contribution is 7.17. The Morgan fingerprint density at radius 3 is 2.42 bits per heavy atom. The maximum atomic E-state index is 12.3. The summed E-state index contributed by atoms with van der Waals surface area (Å²) in [5, 5.41) is 3.22. The molecule has 1 heterocycles. The van der Waals surface area contributed by atoms with Crippen LogP contribution >= 0.6 is 11.3 Å². The SMILES string of the molecule is COCC(=O)Nc1sc(C)c(-c2ccc(C)c(C)c2)c1C(=O)OC. The Labute approximate surface area is 145 Å². The highest BCUT2D eigenvalue weighted by atomic mass is 32.1. The van der Waals surface area contributed by atoms with Crippen molar-refractivity contribution in [2.24, 2.45) is 0 Å². The van der Waals surface area contributed by atoms with E-state index >= 15 is 0 Å². The Hall–Kier alpha value is -2.18. The lowest BCUT2D eigenvalue weighted by molar-refractivity contribution is -0.119. The van der Waals surface area contributed by atoms with Crippen molar-refractivity contribution < 1.29 is 19.1 Å². The number of methoxy groups -OCH3 is 2. The molecule has 1 amide bonds. The van der Waals surface area contributed by atoms with Gasteiger partial charge in [-0.15, -0.1) is 11.3 Å². The van der Waals surface area contributed by atoms with Crippen molar-refractivity contribution in [1.29, 1.82) is 0 Å². The van der Waals surface area contributed by atoms with Gasteiger partial charge in [-0.05, 0) is 37.5 Å². The van der Waals surface area contributed by atoms with Crippen molar-refractivity contribution in [3.63, 3.8) is 0 Å². The maximum Gasteiger partial charge on any atom is 0.341 e. The molecule has 1 aromatic carbocycles. The number of hydrogen-bond acceptors (Lipinski definition) is 5. The van der Waals surface area contributed by atoms with E-state index in [1.807, 2.05) is 39.0 Å². The fraction of sp³-hybridized carbons (Fsp3) is 0.333. The molecule has 2 aromatic rings. The topological polar surface area (TPSA) is 64.6 Å². The number of carbonyl (C=O) groups is 2. The van der Waals surface area contributed by atoms with Gasteiger partial charge in [0.05, 0.1) is 7.11 Å². The Balaban J connectivity index is 2.58. The van der Waals surface area contributed by atoms with Gasteiger partial charge in [0.1, 0.15) is 17.2 Å². The van der Waals surface area contributed by atoms with Gasteiger partial charge in [0, 0.05) is 17.6 Å². The van der Waals surface area contributed by atoms with E-state index in [2.05, 4.69) is 5.32 Å². The summed E-state index contributed by atoms with van der Waals surface area (Å²) in [6, 6.07) is 6.04. The second-order valence-corrected chi connectivity index (χ2v) is 6.73. The van der Waals surface area contributed by atoms with E-state index in [-0.39, 0.29) is 12.5 Å². The van der Waals surface area contributed by atoms with E-state index in [4.69, 9.17) is 9.47 Å². The highest BCUT2D eigenvalue weighted by Crippen LogP contribution is 2.40. The first-order chi connectivity index (χ1) is 11.4. The molecule has 0 unspecified atom stereocenters. The summed E-state index contributed by atoms with van der Waals surface area (Å²) in [7, 11) is 2.78. The normalized spacial score (nSPS) is 10.5. The summed E-state index contributed by atoms with van der Waals surface area (Å²) in [6.45, 7) is 5.92. The van der Waals surface area contributed by atoms with Gasteiger partial charge in [-0.3, -0.25) is 4.79 Å². The largest absolute Gasteiger partial charge is 0.465 e. The van der Waals surface area contributed by atoms with Gasteiger partial charge in [-0.1, -0.05) is 18.2 Å². The average molecular weight is 347 g/mol.